The van der Waals surface area contributed by atoms with Crippen LogP contribution in [0, 0.1) is 5.92 Å². The molecule has 0 radical (unpaired) electrons. The van der Waals surface area contributed by atoms with Gasteiger partial charge in [0.05, 0.1) is 19.3 Å². The number of hydrogen-bond donors (Lipinski definition) is 2. The van der Waals surface area contributed by atoms with Gasteiger partial charge in [-0.3, -0.25) is 0 Å². The highest BCUT2D eigenvalue weighted by Gasteiger charge is 2.24. The van der Waals surface area contributed by atoms with Crippen LogP contribution in [0.3, 0.4) is 0 Å². The van der Waals surface area contributed by atoms with Crippen molar-refractivity contribution in [3.8, 4) is 11.5 Å². The van der Waals surface area contributed by atoms with E-state index in [1.807, 2.05) is 26.0 Å². The Bertz CT molecular complexity index is 448. The summed E-state index contributed by atoms with van der Waals surface area (Å²) < 4.78 is 11.1. The van der Waals surface area contributed by atoms with E-state index in [0.717, 1.165) is 49.4 Å². The molecule has 2 unspecified atom stereocenters. The lowest BCUT2D eigenvalue weighted by Gasteiger charge is -2.17. The number of aliphatic hydroxyl groups is 1. The van der Waals surface area contributed by atoms with Crippen molar-refractivity contribution in [3.63, 3.8) is 0 Å². The van der Waals surface area contributed by atoms with Crippen LogP contribution in [0.25, 0.3) is 0 Å². The van der Waals surface area contributed by atoms with E-state index in [4.69, 9.17) is 9.47 Å². The van der Waals surface area contributed by atoms with Crippen LogP contribution in [0.4, 0.5) is 0 Å². The largest absolute Gasteiger partial charge is 0.493 e. The Morgan fingerprint density at radius 3 is 2.71 bits per heavy atom. The Labute approximate surface area is 127 Å². The third-order valence-corrected chi connectivity index (χ3v) is 3.95. The zero-order valence-corrected chi connectivity index (χ0v) is 13.3. The van der Waals surface area contributed by atoms with Gasteiger partial charge in [0.2, 0.25) is 0 Å². The molecule has 2 rings (SSSR count). The van der Waals surface area contributed by atoms with Gasteiger partial charge in [-0.15, -0.1) is 0 Å². The highest BCUT2D eigenvalue weighted by Crippen LogP contribution is 2.29. The molecule has 0 spiro atoms. The molecule has 2 atom stereocenters. The molecule has 4 heteroatoms. The van der Waals surface area contributed by atoms with E-state index < -0.39 is 0 Å². The minimum Gasteiger partial charge on any atom is -0.493 e. The Morgan fingerprint density at radius 1 is 1.29 bits per heavy atom. The van der Waals surface area contributed by atoms with E-state index in [1.165, 1.54) is 0 Å². The van der Waals surface area contributed by atoms with Gasteiger partial charge in [0, 0.05) is 13.1 Å². The van der Waals surface area contributed by atoms with E-state index in [-0.39, 0.29) is 12.2 Å². The fourth-order valence-electron chi connectivity index (χ4n) is 2.83. The van der Waals surface area contributed by atoms with Gasteiger partial charge in [-0.1, -0.05) is 12.5 Å². The second-order valence-corrected chi connectivity index (χ2v) is 6.04. The van der Waals surface area contributed by atoms with E-state index in [2.05, 4.69) is 11.4 Å². The number of rotatable bonds is 7. The molecule has 0 bridgehead atoms. The van der Waals surface area contributed by atoms with Crippen LogP contribution in [0.2, 0.25) is 0 Å². The molecule has 1 aliphatic carbocycles. The molecular formula is C17H27NO3. The van der Waals surface area contributed by atoms with Gasteiger partial charge in [-0.2, -0.15) is 0 Å². The van der Waals surface area contributed by atoms with Crippen molar-refractivity contribution < 1.29 is 14.6 Å². The SMILES string of the molecule is COc1cc(CNCC2CCCC2O)ccc1OC(C)C. The third kappa shape index (κ3) is 4.61. The molecule has 1 aromatic carbocycles. The Kier molecular flexibility index (Phi) is 5.88. The number of hydrogen-bond acceptors (Lipinski definition) is 4. The highest BCUT2D eigenvalue weighted by molar-refractivity contribution is 5.43. The second-order valence-electron chi connectivity index (χ2n) is 6.04. The summed E-state index contributed by atoms with van der Waals surface area (Å²) >= 11 is 0. The predicted octanol–water partition coefficient (Wildman–Crippen LogP) is 2.73. The number of ether oxygens (including phenoxy) is 2. The van der Waals surface area contributed by atoms with E-state index in [0.29, 0.717) is 5.92 Å². The average molecular weight is 293 g/mol. The van der Waals surface area contributed by atoms with Gasteiger partial charge in [0.15, 0.2) is 11.5 Å². The van der Waals surface area contributed by atoms with Crippen LogP contribution in [-0.2, 0) is 6.54 Å². The first-order valence-corrected chi connectivity index (χ1v) is 7.82. The van der Waals surface area contributed by atoms with Crippen molar-refractivity contribution in [2.24, 2.45) is 5.92 Å². The van der Waals surface area contributed by atoms with Crippen LogP contribution >= 0.6 is 0 Å². The van der Waals surface area contributed by atoms with Gasteiger partial charge in [-0.05, 0) is 50.3 Å². The molecule has 4 nitrogen and oxygen atoms in total. The highest BCUT2D eigenvalue weighted by atomic mass is 16.5. The summed E-state index contributed by atoms with van der Waals surface area (Å²) in [7, 11) is 1.66. The number of nitrogens with one attached hydrogen (secondary N) is 1. The van der Waals surface area contributed by atoms with Crippen LogP contribution < -0.4 is 14.8 Å². The van der Waals surface area contributed by atoms with Crippen molar-refractivity contribution in [1.29, 1.82) is 0 Å². The molecule has 21 heavy (non-hydrogen) atoms. The topological polar surface area (TPSA) is 50.7 Å². The summed E-state index contributed by atoms with van der Waals surface area (Å²) in [5.41, 5.74) is 1.16. The molecular weight excluding hydrogens is 266 g/mol. The molecule has 2 N–H and O–H groups in total. The van der Waals surface area contributed by atoms with E-state index >= 15 is 0 Å². The molecule has 0 heterocycles. The van der Waals surface area contributed by atoms with E-state index in [9.17, 15) is 5.11 Å². The van der Waals surface area contributed by atoms with Crippen molar-refractivity contribution >= 4 is 0 Å². The average Bonchev–Trinajstić information content (AvgIpc) is 2.85. The number of methoxy groups -OCH3 is 1. The lowest BCUT2D eigenvalue weighted by atomic mass is 10.1. The summed E-state index contributed by atoms with van der Waals surface area (Å²) in [6, 6.07) is 6.02. The Hall–Kier alpha value is -1.26. The summed E-state index contributed by atoms with van der Waals surface area (Å²) in [6.07, 6.45) is 3.21. The van der Waals surface area contributed by atoms with Gasteiger partial charge in [0.1, 0.15) is 0 Å². The van der Waals surface area contributed by atoms with Crippen molar-refractivity contribution in [1.82, 2.24) is 5.32 Å². The Morgan fingerprint density at radius 2 is 2.10 bits per heavy atom. The van der Waals surface area contributed by atoms with E-state index in [1.54, 1.807) is 7.11 Å². The zero-order chi connectivity index (χ0) is 15.2. The lowest BCUT2D eigenvalue weighted by Crippen LogP contribution is -2.27. The fourth-order valence-corrected chi connectivity index (χ4v) is 2.83. The van der Waals surface area contributed by atoms with Gasteiger partial charge in [-0.25, -0.2) is 0 Å². The standard InChI is InChI=1S/C17H27NO3/c1-12(2)21-16-8-7-13(9-17(16)20-3)10-18-11-14-5-4-6-15(14)19/h7-9,12,14-15,18-19H,4-6,10-11H2,1-3H3. The summed E-state index contributed by atoms with van der Waals surface area (Å²) in [5, 5.41) is 13.2. The minimum atomic E-state index is -0.131. The normalized spacial score (nSPS) is 21.8. The van der Waals surface area contributed by atoms with Crippen LogP contribution in [0.15, 0.2) is 18.2 Å². The molecule has 1 aliphatic rings. The van der Waals surface area contributed by atoms with Crippen molar-refractivity contribution in [3.05, 3.63) is 23.8 Å². The quantitative estimate of drug-likeness (QED) is 0.811. The summed E-state index contributed by atoms with van der Waals surface area (Å²) in [6.45, 7) is 5.65. The van der Waals surface area contributed by atoms with Gasteiger partial charge in [0.25, 0.3) is 0 Å². The number of aliphatic hydroxyl groups excluding tert-OH is 1. The zero-order valence-electron chi connectivity index (χ0n) is 13.3. The predicted molar refractivity (Wildman–Crippen MR) is 83.8 cm³/mol. The monoisotopic (exact) mass is 293 g/mol. The third-order valence-electron chi connectivity index (χ3n) is 3.95. The molecule has 118 valence electrons. The van der Waals surface area contributed by atoms with Crippen molar-refractivity contribution in [2.45, 2.75) is 51.9 Å². The van der Waals surface area contributed by atoms with Gasteiger partial charge < -0.3 is 19.9 Å². The first kappa shape index (κ1) is 16.1. The molecule has 0 amide bonds. The van der Waals surface area contributed by atoms with Crippen molar-refractivity contribution in [2.75, 3.05) is 13.7 Å². The lowest BCUT2D eigenvalue weighted by molar-refractivity contribution is 0.131. The molecule has 0 saturated heterocycles. The fraction of sp³-hybridized carbons (Fsp3) is 0.647. The first-order chi connectivity index (χ1) is 10.1. The maximum Gasteiger partial charge on any atom is 0.161 e. The first-order valence-electron chi connectivity index (χ1n) is 7.82. The van der Waals surface area contributed by atoms with Gasteiger partial charge >= 0.3 is 0 Å². The molecule has 0 aliphatic heterocycles. The Balaban J connectivity index is 1.88. The molecule has 1 aromatic rings. The van der Waals surface area contributed by atoms with Crippen LogP contribution in [0.5, 0.6) is 11.5 Å². The summed E-state index contributed by atoms with van der Waals surface area (Å²) in [4.78, 5) is 0. The smallest absolute Gasteiger partial charge is 0.161 e. The molecule has 0 aromatic heterocycles. The number of benzene rings is 1. The molecule has 1 fully saturated rings. The maximum absolute atomic E-state index is 9.81. The second kappa shape index (κ2) is 7.66. The minimum absolute atomic E-state index is 0.131. The summed E-state index contributed by atoms with van der Waals surface area (Å²) in [5.74, 6) is 1.95. The van der Waals surface area contributed by atoms with Crippen LogP contribution in [0.1, 0.15) is 38.7 Å². The maximum atomic E-state index is 9.81. The molecule has 1 saturated carbocycles. The van der Waals surface area contributed by atoms with Crippen LogP contribution in [-0.4, -0.2) is 31.0 Å².